The zero-order valence-electron chi connectivity index (χ0n) is 15.9. The van der Waals surface area contributed by atoms with Crippen LogP contribution in [0.5, 0.6) is 0 Å². The number of benzene rings is 2. The Morgan fingerprint density at radius 2 is 1.60 bits per heavy atom. The largest absolute Gasteiger partial charge is 0.416 e. The topological polar surface area (TPSA) is 43.9 Å². The third-order valence-corrected chi connectivity index (χ3v) is 5.50. The molecular weight excluding hydrogens is 402 g/mol. The first kappa shape index (κ1) is 20.3. The zero-order chi connectivity index (χ0) is 21.5. The van der Waals surface area contributed by atoms with Crippen molar-refractivity contribution in [2.45, 2.75) is 18.6 Å². The molecule has 2 aliphatic rings. The van der Waals surface area contributed by atoms with Crippen molar-refractivity contribution in [2.24, 2.45) is 0 Å². The number of para-hydroxylation sites is 1. The molecule has 0 aliphatic carbocycles. The molecule has 0 spiro atoms. The van der Waals surface area contributed by atoms with Crippen LogP contribution in [0.25, 0.3) is 0 Å². The van der Waals surface area contributed by atoms with Gasteiger partial charge in [-0.05, 0) is 30.3 Å². The van der Waals surface area contributed by atoms with Gasteiger partial charge in [-0.15, -0.1) is 0 Å². The summed E-state index contributed by atoms with van der Waals surface area (Å²) in [4.78, 5) is 29.9. The molecule has 2 amide bonds. The molecule has 0 saturated carbocycles. The van der Waals surface area contributed by atoms with Gasteiger partial charge in [0.25, 0.3) is 5.91 Å². The van der Waals surface area contributed by atoms with Crippen molar-refractivity contribution in [3.63, 3.8) is 0 Å². The Balaban J connectivity index is 1.47. The van der Waals surface area contributed by atoms with Crippen molar-refractivity contribution in [3.05, 3.63) is 59.9 Å². The molecule has 0 aromatic heterocycles. The Labute approximate surface area is 170 Å². The van der Waals surface area contributed by atoms with Crippen LogP contribution in [-0.2, 0) is 15.8 Å². The van der Waals surface area contributed by atoms with Gasteiger partial charge in [0.2, 0.25) is 5.91 Å². The van der Waals surface area contributed by atoms with Gasteiger partial charge in [-0.1, -0.05) is 18.2 Å². The summed E-state index contributed by atoms with van der Waals surface area (Å²) in [6.45, 7) is 1.83. The number of alkyl halides is 3. The van der Waals surface area contributed by atoms with Crippen molar-refractivity contribution in [1.82, 2.24) is 4.90 Å². The molecule has 5 nitrogen and oxygen atoms in total. The average Bonchev–Trinajstić information content (AvgIpc) is 3.02. The number of hydrogen-bond acceptors (Lipinski definition) is 4. The van der Waals surface area contributed by atoms with Crippen molar-refractivity contribution in [1.29, 1.82) is 0 Å². The van der Waals surface area contributed by atoms with E-state index >= 15 is 0 Å². The highest BCUT2D eigenvalue weighted by Crippen LogP contribution is 2.34. The molecule has 2 aromatic carbocycles. The average molecular weight is 421 g/mol. The number of nitrogens with zero attached hydrogens (tertiary/aromatic N) is 3. The standard InChI is InChI=1S/C21H19F4N3O2/c22-16-6-1-2-7-17(16)26-8-10-27(11-9-26)18-13-19(29)28(20(18)30)15-5-3-4-14(12-15)21(23,24)25/h1-7,12,18H,8-11,13H2/t18-/m1/s1. The van der Waals surface area contributed by atoms with Crippen LogP contribution in [0.3, 0.4) is 0 Å². The fourth-order valence-electron chi connectivity index (χ4n) is 3.98. The summed E-state index contributed by atoms with van der Waals surface area (Å²) >= 11 is 0. The maximum absolute atomic E-state index is 14.0. The van der Waals surface area contributed by atoms with Gasteiger partial charge in [0.15, 0.2) is 0 Å². The minimum atomic E-state index is -4.57. The van der Waals surface area contributed by atoms with Gasteiger partial charge in [-0.2, -0.15) is 13.2 Å². The van der Waals surface area contributed by atoms with E-state index in [1.165, 1.54) is 18.2 Å². The van der Waals surface area contributed by atoms with E-state index in [4.69, 9.17) is 0 Å². The zero-order valence-corrected chi connectivity index (χ0v) is 15.9. The molecule has 0 bridgehead atoms. The molecule has 2 heterocycles. The minimum Gasteiger partial charge on any atom is -0.367 e. The van der Waals surface area contributed by atoms with Crippen LogP contribution in [-0.4, -0.2) is 48.9 Å². The molecule has 9 heteroatoms. The number of piperazine rings is 1. The summed E-state index contributed by atoms with van der Waals surface area (Å²) in [5, 5.41) is 0. The fraction of sp³-hybridized carbons (Fsp3) is 0.333. The predicted octanol–water partition coefficient (Wildman–Crippen LogP) is 3.30. The first-order valence-corrected chi connectivity index (χ1v) is 9.53. The van der Waals surface area contributed by atoms with E-state index in [0.29, 0.717) is 31.9 Å². The van der Waals surface area contributed by atoms with Crippen LogP contribution in [0.4, 0.5) is 28.9 Å². The Morgan fingerprint density at radius 3 is 2.27 bits per heavy atom. The highest BCUT2D eigenvalue weighted by Gasteiger charge is 2.44. The highest BCUT2D eigenvalue weighted by atomic mass is 19.4. The molecule has 158 valence electrons. The number of amides is 2. The number of carbonyl (C=O) groups is 2. The van der Waals surface area contributed by atoms with Crippen LogP contribution in [0.1, 0.15) is 12.0 Å². The molecule has 0 unspecified atom stereocenters. The van der Waals surface area contributed by atoms with E-state index in [1.54, 1.807) is 18.2 Å². The molecule has 0 N–H and O–H groups in total. The van der Waals surface area contributed by atoms with Gasteiger partial charge in [-0.3, -0.25) is 14.5 Å². The predicted molar refractivity (Wildman–Crippen MR) is 103 cm³/mol. The number of imide groups is 1. The van der Waals surface area contributed by atoms with Crippen molar-refractivity contribution >= 4 is 23.2 Å². The van der Waals surface area contributed by atoms with E-state index in [-0.39, 0.29) is 17.9 Å². The number of carbonyl (C=O) groups excluding carboxylic acids is 2. The summed E-state index contributed by atoms with van der Waals surface area (Å²) in [5.41, 5.74) is -0.508. The highest BCUT2D eigenvalue weighted by molar-refractivity contribution is 6.22. The minimum absolute atomic E-state index is 0.0766. The number of rotatable bonds is 3. The first-order valence-electron chi connectivity index (χ1n) is 9.53. The summed E-state index contributed by atoms with van der Waals surface area (Å²) in [6.07, 6.45) is -4.65. The Bertz CT molecular complexity index is 971. The van der Waals surface area contributed by atoms with Crippen LogP contribution in [0.15, 0.2) is 48.5 Å². The molecule has 30 heavy (non-hydrogen) atoms. The van der Waals surface area contributed by atoms with Gasteiger partial charge >= 0.3 is 6.18 Å². The Kier molecular flexibility index (Phi) is 5.23. The van der Waals surface area contributed by atoms with Gasteiger partial charge in [-0.25, -0.2) is 9.29 Å². The van der Waals surface area contributed by atoms with E-state index in [0.717, 1.165) is 17.0 Å². The summed E-state index contributed by atoms with van der Waals surface area (Å²) in [5.74, 6) is -1.38. The molecule has 0 radical (unpaired) electrons. The lowest BCUT2D eigenvalue weighted by atomic mass is 10.1. The van der Waals surface area contributed by atoms with Gasteiger partial charge in [0, 0.05) is 26.2 Å². The molecular formula is C21H19F4N3O2. The summed E-state index contributed by atoms with van der Waals surface area (Å²) in [7, 11) is 0. The molecule has 1 atom stereocenters. The normalized spacial score (nSPS) is 20.9. The maximum atomic E-state index is 14.0. The molecule has 2 aliphatic heterocycles. The third kappa shape index (κ3) is 3.77. The number of anilines is 2. The lowest BCUT2D eigenvalue weighted by molar-refractivity contribution is -0.137. The van der Waals surface area contributed by atoms with E-state index < -0.39 is 29.6 Å². The van der Waals surface area contributed by atoms with Crippen LogP contribution in [0.2, 0.25) is 0 Å². The van der Waals surface area contributed by atoms with Gasteiger partial charge < -0.3 is 4.90 Å². The van der Waals surface area contributed by atoms with Crippen LogP contribution < -0.4 is 9.80 Å². The maximum Gasteiger partial charge on any atom is 0.416 e. The molecule has 2 saturated heterocycles. The smallest absolute Gasteiger partial charge is 0.367 e. The van der Waals surface area contributed by atoms with Crippen molar-refractivity contribution in [3.8, 4) is 0 Å². The Morgan fingerprint density at radius 1 is 0.900 bits per heavy atom. The SMILES string of the molecule is O=C1C[C@@H](N2CCN(c3ccccc3F)CC2)C(=O)N1c1cccc(C(F)(F)F)c1. The quantitative estimate of drug-likeness (QED) is 0.564. The molecule has 2 fully saturated rings. The second-order valence-electron chi connectivity index (χ2n) is 7.31. The summed E-state index contributed by atoms with van der Waals surface area (Å²) in [6, 6.07) is 9.91. The summed E-state index contributed by atoms with van der Waals surface area (Å²) < 4.78 is 53.0. The number of halogens is 4. The number of hydrogen-bond donors (Lipinski definition) is 0. The van der Waals surface area contributed by atoms with E-state index in [1.807, 2.05) is 9.80 Å². The van der Waals surface area contributed by atoms with Gasteiger partial charge in [0.05, 0.1) is 29.4 Å². The second-order valence-corrected chi connectivity index (χ2v) is 7.31. The lowest BCUT2D eigenvalue weighted by Gasteiger charge is -2.38. The lowest BCUT2D eigenvalue weighted by Crippen LogP contribution is -2.52. The Hall–Kier alpha value is -2.94. The first-order chi connectivity index (χ1) is 14.3. The second kappa shape index (κ2) is 7.71. The third-order valence-electron chi connectivity index (χ3n) is 5.50. The van der Waals surface area contributed by atoms with Crippen LogP contribution in [0, 0.1) is 5.82 Å². The molecule has 2 aromatic rings. The van der Waals surface area contributed by atoms with Crippen molar-refractivity contribution < 1.29 is 27.2 Å². The fourth-order valence-corrected chi connectivity index (χ4v) is 3.98. The molecule has 4 rings (SSSR count). The van der Waals surface area contributed by atoms with E-state index in [2.05, 4.69) is 0 Å². The monoisotopic (exact) mass is 421 g/mol. The van der Waals surface area contributed by atoms with Crippen LogP contribution >= 0.6 is 0 Å². The van der Waals surface area contributed by atoms with Crippen molar-refractivity contribution in [2.75, 3.05) is 36.0 Å². The van der Waals surface area contributed by atoms with E-state index in [9.17, 15) is 27.2 Å². The van der Waals surface area contributed by atoms with Gasteiger partial charge in [0.1, 0.15) is 5.82 Å².